The molecular formula is C21H20F2N2. The molecule has 0 aliphatic rings. The summed E-state index contributed by atoms with van der Waals surface area (Å²) in [4.78, 5) is 8.56. The van der Waals surface area contributed by atoms with Crippen LogP contribution < -0.4 is 0 Å². The zero-order valence-corrected chi connectivity index (χ0v) is 14.2. The summed E-state index contributed by atoms with van der Waals surface area (Å²) >= 11 is 0. The molecule has 0 N–H and O–H groups in total. The Labute approximate surface area is 146 Å². The summed E-state index contributed by atoms with van der Waals surface area (Å²) < 4.78 is 26.3. The molecule has 1 heterocycles. The van der Waals surface area contributed by atoms with Crippen LogP contribution in [0.25, 0.3) is 22.5 Å². The van der Waals surface area contributed by atoms with E-state index in [0.717, 1.165) is 29.7 Å². The van der Waals surface area contributed by atoms with Gasteiger partial charge in [0, 0.05) is 23.5 Å². The second-order valence-electron chi connectivity index (χ2n) is 6.08. The second kappa shape index (κ2) is 7.97. The number of hydrogen-bond acceptors (Lipinski definition) is 2. The minimum Gasteiger partial charge on any atom is -0.236 e. The molecule has 0 saturated heterocycles. The number of nitrogens with zero attached hydrogens (tertiary/aromatic N) is 2. The molecule has 0 bridgehead atoms. The summed E-state index contributed by atoms with van der Waals surface area (Å²) in [6.45, 7) is 2.20. The molecule has 0 spiro atoms. The van der Waals surface area contributed by atoms with E-state index in [1.165, 1.54) is 30.9 Å². The molecule has 0 atom stereocenters. The van der Waals surface area contributed by atoms with Gasteiger partial charge in [-0.3, -0.25) is 0 Å². The largest absolute Gasteiger partial charge is 0.236 e. The van der Waals surface area contributed by atoms with E-state index >= 15 is 0 Å². The Kier molecular flexibility index (Phi) is 5.49. The van der Waals surface area contributed by atoms with Gasteiger partial charge < -0.3 is 0 Å². The molecule has 1 aromatic heterocycles. The Bertz CT molecular complexity index is 828. The first-order chi connectivity index (χ1) is 12.2. The van der Waals surface area contributed by atoms with Crippen molar-refractivity contribution in [3.63, 3.8) is 0 Å². The predicted octanol–water partition coefficient (Wildman–Crippen LogP) is 5.82. The van der Waals surface area contributed by atoms with E-state index in [1.54, 1.807) is 12.4 Å². The fraction of sp³-hybridized carbons (Fsp3) is 0.238. The molecule has 0 unspecified atom stereocenters. The maximum absolute atomic E-state index is 13.3. The Morgan fingerprint density at radius 1 is 0.760 bits per heavy atom. The van der Waals surface area contributed by atoms with Gasteiger partial charge in [-0.2, -0.15) is 0 Å². The number of halogens is 2. The Morgan fingerprint density at radius 3 is 2.08 bits per heavy atom. The van der Waals surface area contributed by atoms with Crippen LogP contribution in [0.3, 0.4) is 0 Å². The van der Waals surface area contributed by atoms with E-state index in [2.05, 4.69) is 41.2 Å². The first kappa shape index (κ1) is 17.2. The first-order valence-corrected chi connectivity index (χ1v) is 8.54. The maximum Gasteiger partial charge on any atom is 0.159 e. The smallest absolute Gasteiger partial charge is 0.159 e. The van der Waals surface area contributed by atoms with Gasteiger partial charge in [0.05, 0.1) is 0 Å². The molecule has 0 aliphatic carbocycles. The Morgan fingerprint density at radius 2 is 1.44 bits per heavy atom. The molecule has 0 radical (unpaired) electrons. The van der Waals surface area contributed by atoms with Gasteiger partial charge in [-0.05, 0) is 42.2 Å². The standard InChI is InChI=1S/C21H20F2N2/c1-2-3-4-5-15-6-8-16(9-7-15)18-13-24-21(25-14-18)17-10-11-19(22)20(23)12-17/h6-14H,2-5H2,1H3. The average molecular weight is 338 g/mol. The van der Waals surface area contributed by atoms with E-state index in [-0.39, 0.29) is 0 Å². The fourth-order valence-corrected chi connectivity index (χ4v) is 2.70. The van der Waals surface area contributed by atoms with Gasteiger partial charge in [0.25, 0.3) is 0 Å². The minimum absolute atomic E-state index is 0.374. The lowest BCUT2D eigenvalue weighted by Crippen LogP contribution is -1.92. The van der Waals surface area contributed by atoms with Crippen molar-refractivity contribution in [2.45, 2.75) is 32.6 Å². The summed E-state index contributed by atoms with van der Waals surface area (Å²) in [7, 11) is 0. The lowest BCUT2D eigenvalue weighted by molar-refractivity contribution is 0.509. The van der Waals surface area contributed by atoms with Gasteiger partial charge in [0.15, 0.2) is 17.5 Å². The number of hydrogen-bond donors (Lipinski definition) is 0. The molecule has 0 fully saturated rings. The summed E-state index contributed by atoms with van der Waals surface area (Å²) in [5.74, 6) is -1.40. The SMILES string of the molecule is CCCCCc1ccc(-c2cnc(-c3ccc(F)c(F)c3)nc2)cc1. The molecule has 0 amide bonds. The van der Waals surface area contributed by atoms with Crippen LogP contribution >= 0.6 is 0 Å². The third-order valence-electron chi connectivity index (χ3n) is 4.19. The molecular weight excluding hydrogens is 318 g/mol. The maximum atomic E-state index is 13.3. The quantitative estimate of drug-likeness (QED) is 0.529. The van der Waals surface area contributed by atoms with Crippen LogP contribution in [0.4, 0.5) is 8.78 Å². The molecule has 0 saturated carbocycles. The molecule has 2 nitrogen and oxygen atoms in total. The van der Waals surface area contributed by atoms with Gasteiger partial charge in [-0.15, -0.1) is 0 Å². The minimum atomic E-state index is -0.899. The molecule has 3 aromatic rings. The van der Waals surface area contributed by atoms with E-state index in [0.29, 0.717) is 11.4 Å². The average Bonchev–Trinajstić information content (AvgIpc) is 2.65. The van der Waals surface area contributed by atoms with Crippen LogP contribution in [0.5, 0.6) is 0 Å². The van der Waals surface area contributed by atoms with Crippen LogP contribution in [-0.4, -0.2) is 9.97 Å². The highest BCUT2D eigenvalue weighted by atomic mass is 19.2. The zero-order valence-electron chi connectivity index (χ0n) is 14.2. The van der Waals surface area contributed by atoms with Crippen molar-refractivity contribution in [1.82, 2.24) is 9.97 Å². The molecule has 4 heteroatoms. The lowest BCUT2D eigenvalue weighted by Gasteiger charge is -2.06. The van der Waals surface area contributed by atoms with Crippen molar-refractivity contribution in [3.8, 4) is 22.5 Å². The van der Waals surface area contributed by atoms with Gasteiger partial charge in [-0.1, -0.05) is 44.0 Å². The predicted molar refractivity (Wildman–Crippen MR) is 96.0 cm³/mol. The van der Waals surface area contributed by atoms with Crippen LogP contribution in [0.1, 0.15) is 31.7 Å². The van der Waals surface area contributed by atoms with Crippen molar-refractivity contribution in [2.24, 2.45) is 0 Å². The third-order valence-corrected chi connectivity index (χ3v) is 4.19. The first-order valence-electron chi connectivity index (χ1n) is 8.54. The normalized spacial score (nSPS) is 10.8. The van der Waals surface area contributed by atoms with Crippen LogP contribution in [0.2, 0.25) is 0 Å². The number of benzene rings is 2. The van der Waals surface area contributed by atoms with Crippen molar-refractivity contribution < 1.29 is 8.78 Å². The summed E-state index contributed by atoms with van der Waals surface area (Å²) in [5, 5.41) is 0. The van der Waals surface area contributed by atoms with Gasteiger partial charge in [0.2, 0.25) is 0 Å². The highest BCUT2D eigenvalue weighted by molar-refractivity contribution is 5.64. The van der Waals surface area contributed by atoms with Crippen molar-refractivity contribution in [1.29, 1.82) is 0 Å². The van der Waals surface area contributed by atoms with E-state index < -0.39 is 11.6 Å². The lowest BCUT2D eigenvalue weighted by atomic mass is 10.0. The van der Waals surface area contributed by atoms with Crippen LogP contribution in [0.15, 0.2) is 54.9 Å². The van der Waals surface area contributed by atoms with Gasteiger partial charge >= 0.3 is 0 Å². The van der Waals surface area contributed by atoms with Crippen molar-refractivity contribution in [2.75, 3.05) is 0 Å². The number of unbranched alkanes of at least 4 members (excludes halogenated alkanes) is 2. The van der Waals surface area contributed by atoms with Crippen LogP contribution in [0, 0.1) is 11.6 Å². The number of aryl methyl sites for hydroxylation is 1. The topological polar surface area (TPSA) is 25.8 Å². The second-order valence-corrected chi connectivity index (χ2v) is 6.08. The molecule has 128 valence electrons. The van der Waals surface area contributed by atoms with Gasteiger partial charge in [-0.25, -0.2) is 18.7 Å². The molecule has 0 aliphatic heterocycles. The van der Waals surface area contributed by atoms with Gasteiger partial charge in [0.1, 0.15) is 0 Å². The number of aromatic nitrogens is 2. The number of rotatable bonds is 6. The molecule has 2 aromatic carbocycles. The van der Waals surface area contributed by atoms with E-state index in [1.807, 2.05) is 0 Å². The zero-order chi connectivity index (χ0) is 17.6. The fourth-order valence-electron chi connectivity index (χ4n) is 2.70. The highest BCUT2D eigenvalue weighted by Gasteiger charge is 2.07. The molecule has 25 heavy (non-hydrogen) atoms. The van der Waals surface area contributed by atoms with Crippen LogP contribution in [-0.2, 0) is 6.42 Å². The van der Waals surface area contributed by atoms with Crippen molar-refractivity contribution in [3.05, 3.63) is 72.1 Å². The summed E-state index contributed by atoms with van der Waals surface area (Å²) in [6, 6.07) is 12.1. The summed E-state index contributed by atoms with van der Waals surface area (Å²) in [6.07, 6.45) is 8.19. The van der Waals surface area contributed by atoms with E-state index in [4.69, 9.17) is 0 Å². The molecule has 3 rings (SSSR count). The monoisotopic (exact) mass is 338 g/mol. The van der Waals surface area contributed by atoms with E-state index in [9.17, 15) is 8.78 Å². The Hall–Kier alpha value is -2.62. The Balaban J connectivity index is 1.74. The summed E-state index contributed by atoms with van der Waals surface area (Å²) in [5.41, 5.74) is 3.72. The third kappa shape index (κ3) is 4.27. The van der Waals surface area contributed by atoms with Crippen molar-refractivity contribution >= 4 is 0 Å². The highest BCUT2D eigenvalue weighted by Crippen LogP contribution is 2.22.